The van der Waals surface area contributed by atoms with E-state index < -0.39 is 9.75 Å². The molecule has 1 aromatic rings. The summed E-state index contributed by atoms with van der Waals surface area (Å²) in [5, 5.41) is 3.32. The second-order valence-corrected chi connectivity index (χ2v) is 9.60. The van der Waals surface area contributed by atoms with Gasteiger partial charge in [-0.3, -0.25) is 4.79 Å². The van der Waals surface area contributed by atoms with Gasteiger partial charge in [-0.05, 0) is 51.5 Å². The maximum atomic E-state index is 12.4. The minimum absolute atomic E-state index is 0.180. The van der Waals surface area contributed by atoms with E-state index in [1.807, 2.05) is 0 Å². The van der Waals surface area contributed by atoms with Gasteiger partial charge in [0, 0.05) is 11.4 Å². The summed E-state index contributed by atoms with van der Waals surface area (Å²) in [7, 11) is 0. The van der Waals surface area contributed by atoms with E-state index in [9.17, 15) is 4.79 Å². The molecule has 2 N–H and O–H groups in total. The predicted molar refractivity (Wildman–Crippen MR) is 109 cm³/mol. The van der Waals surface area contributed by atoms with Crippen LogP contribution >= 0.6 is 35.4 Å². The van der Waals surface area contributed by atoms with Crippen LogP contribution in [0.2, 0.25) is 0 Å². The molecule has 1 aliphatic carbocycles. The maximum absolute atomic E-state index is 12.4. The molecule has 0 aromatic carbocycles. The normalized spacial score (nSPS) is 25.2. The molecule has 2 fully saturated rings. The molecule has 3 rings (SSSR count). The van der Waals surface area contributed by atoms with Gasteiger partial charge in [0.2, 0.25) is 5.91 Å². The molecule has 1 aromatic heterocycles. The number of amides is 1. The summed E-state index contributed by atoms with van der Waals surface area (Å²) in [4.78, 5) is 16.0. The second-order valence-electron chi connectivity index (χ2n) is 7.73. The molecule has 0 spiro atoms. The van der Waals surface area contributed by atoms with Gasteiger partial charge in [-0.25, -0.2) is 0 Å². The Morgan fingerprint density at radius 1 is 1.27 bits per heavy atom. The quantitative estimate of drug-likeness (QED) is 0.572. The number of aryl methyl sites for hydroxylation is 2. The van der Waals surface area contributed by atoms with Crippen LogP contribution in [0.25, 0.3) is 0 Å². The summed E-state index contributed by atoms with van der Waals surface area (Å²) in [5.41, 5.74) is 1.89. The zero-order chi connectivity index (χ0) is 19.1. The third kappa shape index (κ3) is 3.88. The number of rotatable bonds is 4. The lowest BCUT2D eigenvalue weighted by molar-refractivity contribution is -0.904. The highest BCUT2D eigenvalue weighted by molar-refractivity contribution is 7.80. The summed E-state index contributed by atoms with van der Waals surface area (Å²) in [5.74, 6) is -0.180. The van der Waals surface area contributed by atoms with Gasteiger partial charge in [-0.15, -0.1) is 23.2 Å². The molecule has 2 aliphatic rings. The third-order valence-corrected chi connectivity index (χ3v) is 7.31. The maximum Gasteiger partial charge on any atom is 0.235 e. The first kappa shape index (κ1) is 19.9. The molecule has 1 amide bonds. The summed E-state index contributed by atoms with van der Waals surface area (Å²) >= 11 is 17.6. The Kier molecular flexibility index (Phi) is 5.60. The molecule has 0 unspecified atom stereocenters. The van der Waals surface area contributed by atoms with Crippen molar-refractivity contribution in [1.29, 1.82) is 0 Å². The average Bonchev–Trinajstić information content (AvgIpc) is 2.95. The average molecular weight is 418 g/mol. The molecular formula is C18H27Cl2N4OS+. The van der Waals surface area contributed by atoms with Crippen LogP contribution in [-0.2, 0) is 11.3 Å². The van der Waals surface area contributed by atoms with Crippen LogP contribution in [0.5, 0.6) is 0 Å². The zero-order valence-corrected chi connectivity index (χ0v) is 17.9. The smallest absolute Gasteiger partial charge is 0.235 e. The Morgan fingerprint density at radius 2 is 1.81 bits per heavy atom. The molecule has 5 nitrogen and oxygen atoms in total. The van der Waals surface area contributed by atoms with Gasteiger partial charge in [-0.2, -0.15) is 0 Å². The molecule has 1 saturated carbocycles. The number of carbonyl (C=O) groups is 1. The van der Waals surface area contributed by atoms with Crippen molar-refractivity contribution >= 4 is 46.4 Å². The number of piperazine rings is 1. The highest BCUT2D eigenvalue weighted by Crippen LogP contribution is 2.63. The van der Waals surface area contributed by atoms with Crippen molar-refractivity contribution in [2.75, 3.05) is 32.7 Å². The molecule has 26 heavy (non-hydrogen) atoms. The lowest BCUT2D eigenvalue weighted by Gasteiger charge is -2.34. The fourth-order valence-electron chi connectivity index (χ4n) is 3.56. The second kappa shape index (κ2) is 7.30. The lowest BCUT2D eigenvalue weighted by atomic mass is 10.1. The monoisotopic (exact) mass is 417 g/mol. The number of alkyl halides is 2. The Morgan fingerprint density at radius 3 is 2.31 bits per heavy atom. The zero-order valence-electron chi connectivity index (χ0n) is 15.6. The van der Waals surface area contributed by atoms with Crippen molar-refractivity contribution in [1.82, 2.24) is 14.8 Å². The topological polar surface area (TPSA) is 41.7 Å². The van der Waals surface area contributed by atoms with Crippen LogP contribution < -0.4 is 10.2 Å². The molecular weight excluding hydrogens is 391 g/mol. The standard InChI is InChI=1S/C18H26Cl2N4OS/c1-13-4-5-14(2)24(13)11-8-22-6-9-23(10-7-22)16(26)21-15(25)17(3)12-18(17,19)20/h4-5H,6-12H2,1-3H3,(H,21,25,26)/p+1/t17-/m1/s1. The summed E-state index contributed by atoms with van der Waals surface area (Å²) in [6, 6.07) is 4.33. The first-order valence-electron chi connectivity index (χ1n) is 9.08. The van der Waals surface area contributed by atoms with Crippen molar-refractivity contribution in [3.8, 4) is 0 Å². The predicted octanol–water partition coefficient (Wildman–Crippen LogP) is 1.29. The van der Waals surface area contributed by atoms with Crippen molar-refractivity contribution in [2.24, 2.45) is 5.41 Å². The van der Waals surface area contributed by atoms with Crippen LogP contribution in [0, 0.1) is 19.3 Å². The van der Waals surface area contributed by atoms with Gasteiger partial charge in [0.05, 0.1) is 44.7 Å². The number of halogens is 2. The molecule has 0 bridgehead atoms. The molecule has 1 saturated heterocycles. The minimum Gasteiger partial charge on any atom is -0.344 e. The van der Waals surface area contributed by atoms with Gasteiger partial charge in [0.1, 0.15) is 4.33 Å². The van der Waals surface area contributed by atoms with E-state index in [2.05, 4.69) is 40.8 Å². The van der Waals surface area contributed by atoms with Gasteiger partial charge in [0.25, 0.3) is 0 Å². The third-order valence-electron chi connectivity index (χ3n) is 5.84. The summed E-state index contributed by atoms with van der Waals surface area (Å²) in [6.45, 7) is 11.9. The Balaban J connectivity index is 1.43. The van der Waals surface area contributed by atoms with E-state index in [1.54, 1.807) is 11.8 Å². The number of aromatic nitrogens is 1. The molecule has 1 atom stereocenters. The Labute approximate surface area is 170 Å². The number of carbonyl (C=O) groups excluding carboxylic acids is 1. The SMILES string of the molecule is Cc1ccc(C)n1CC[NH+]1CCN(C(=S)NC(=O)[C@@]2(C)CC2(Cl)Cl)CC1. The van der Waals surface area contributed by atoms with Crippen molar-refractivity contribution in [2.45, 2.75) is 38.1 Å². The largest absolute Gasteiger partial charge is 0.344 e. The van der Waals surface area contributed by atoms with Crippen LogP contribution in [0.15, 0.2) is 12.1 Å². The fraction of sp³-hybridized carbons (Fsp3) is 0.667. The molecule has 144 valence electrons. The molecule has 8 heteroatoms. The van der Waals surface area contributed by atoms with Crippen LogP contribution in [0.3, 0.4) is 0 Å². The first-order valence-corrected chi connectivity index (χ1v) is 10.2. The Bertz CT molecular complexity index is 693. The van der Waals surface area contributed by atoms with E-state index in [1.165, 1.54) is 11.4 Å². The number of quaternary nitrogens is 1. The highest BCUT2D eigenvalue weighted by atomic mass is 35.5. The number of hydrogen-bond acceptors (Lipinski definition) is 2. The number of nitrogens with one attached hydrogen (secondary N) is 2. The molecule has 2 heterocycles. The number of thiocarbonyl (C=S) groups is 1. The van der Waals surface area contributed by atoms with Crippen LogP contribution in [0.4, 0.5) is 0 Å². The van der Waals surface area contributed by atoms with E-state index in [4.69, 9.17) is 35.4 Å². The lowest BCUT2D eigenvalue weighted by Crippen LogP contribution is -3.15. The van der Waals surface area contributed by atoms with Gasteiger partial charge in [0.15, 0.2) is 5.11 Å². The van der Waals surface area contributed by atoms with E-state index in [-0.39, 0.29) is 5.91 Å². The summed E-state index contributed by atoms with van der Waals surface area (Å²) < 4.78 is 1.40. The summed E-state index contributed by atoms with van der Waals surface area (Å²) in [6.07, 6.45) is 0.466. The number of hydrogen-bond donors (Lipinski definition) is 2. The van der Waals surface area contributed by atoms with Crippen LogP contribution in [-0.4, -0.2) is 57.5 Å². The van der Waals surface area contributed by atoms with E-state index in [0.717, 1.165) is 39.3 Å². The van der Waals surface area contributed by atoms with E-state index in [0.29, 0.717) is 11.5 Å². The first-order chi connectivity index (χ1) is 12.1. The van der Waals surface area contributed by atoms with Gasteiger partial charge in [-0.1, -0.05) is 0 Å². The van der Waals surface area contributed by atoms with Gasteiger partial charge >= 0.3 is 0 Å². The highest BCUT2D eigenvalue weighted by Gasteiger charge is 2.68. The molecule has 0 radical (unpaired) electrons. The molecule has 1 aliphatic heterocycles. The van der Waals surface area contributed by atoms with Crippen LogP contribution in [0.1, 0.15) is 24.7 Å². The van der Waals surface area contributed by atoms with Gasteiger partial charge < -0.3 is 19.7 Å². The fourth-order valence-corrected chi connectivity index (χ4v) is 4.54. The minimum atomic E-state index is -0.968. The van der Waals surface area contributed by atoms with Crippen molar-refractivity contribution in [3.63, 3.8) is 0 Å². The number of nitrogens with zero attached hydrogens (tertiary/aromatic N) is 2. The van der Waals surface area contributed by atoms with Crippen molar-refractivity contribution < 1.29 is 9.69 Å². The van der Waals surface area contributed by atoms with E-state index >= 15 is 0 Å². The Hall–Kier alpha value is -0.820. The van der Waals surface area contributed by atoms with Crippen molar-refractivity contribution in [3.05, 3.63) is 23.5 Å².